The Balaban J connectivity index is 1.99. The molecule has 4 nitrogen and oxygen atoms in total. The molecule has 0 aliphatic carbocycles. The molecule has 4 rings (SSSR count). The van der Waals surface area contributed by atoms with E-state index in [1.54, 1.807) is 12.1 Å². The van der Waals surface area contributed by atoms with Gasteiger partial charge in [0.15, 0.2) is 0 Å². The number of rotatable bonds is 5. The number of benzene rings is 4. The number of carbonyl (C=O) groups is 2. The molecule has 4 aromatic rings. The lowest BCUT2D eigenvalue weighted by molar-refractivity contribution is -0.121. The van der Waals surface area contributed by atoms with Crippen LogP contribution in [0, 0.1) is 0 Å². The van der Waals surface area contributed by atoms with Gasteiger partial charge in [0.1, 0.15) is 11.5 Å². The van der Waals surface area contributed by atoms with Gasteiger partial charge >= 0.3 is 0 Å². The molecule has 0 spiro atoms. The van der Waals surface area contributed by atoms with Crippen LogP contribution in [0.2, 0.25) is 0 Å². The van der Waals surface area contributed by atoms with Crippen molar-refractivity contribution in [2.45, 2.75) is 0 Å². The lowest BCUT2D eigenvalue weighted by Gasteiger charge is -2.12. The molecule has 0 atom stereocenters. The van der Waals surface area contributed by atoms with Crippen molar-refractivity contribution in [3.8, 4) is 22.6 Å². The summed E-state index contributed by atoms with van der Waals surface area (Å²) >= 11 is 0. The van der Waals surface area contributed by atoms with Gasteiger partial charge in [-0.2, -0.15) is 0 Å². The lowest BCUT2D eigenvalue weighted by atomic mass is 9.94. The molecule has 0 bridgehead atoms. The molecule has 4 aromatic carbocycles. The minimum absolute atomic E-state index is 0.421. The fraction of sp³-hybridized carbons (Fsp3) is 0. The highest BCUT2D eigenvalue weighted by molar-refractivity contribution is 6.06. The predicted octanol–water partition coefficient (Wildman–Crippen LogP) is 4.73. The van der Waals surface area contributed by atoms with Gasteiger partial charge in [-0.25, -0.2) is 0 Å². The van der Waals surface area contributed by atoms with Crippen LogP contribution in [0.25, 0.3) is 32.7 Å². The van der Waals surface area contributed by atoms with Crippen LogP contribution in [-0.4, -0.2) is 12.9 Å². The number of hydrogen-bond acceptors (Lipinski definition) is 4. The molecule has 0 aliphatic heterocycles. The maximum absolute atomic E-state index is 10.7. The van der Waals surface area contributed by atoms with Gasteiger partial charge in [0.05, 0.1) is 0 Å². The minimum Gasteiger partial charge on any atom is -0.429 e. The van der Waals surface area contributed by atoms with E-state index in [4.69, 9.17) is 9.47 Å². The van der Waals surface area contributed by atoms with Crippen LogP contribution in [0.4, 0.5) is 0 Å². The molecule has 0 heterocycles. The largest absolute Gasteiger partial charge is 0.429 e. The van der Waals surface area contributed by atoms with E-state index >= 15 is 0 Å². The van der Waals surface area contributed by atoms with E-state index in [2.05, 4.69) is 0 Å². The maximum Gasteiger partial charge on any atom is 0.298 e. The van der Waals surface area contributed by atoms with Crippen molar-refractivity contribution in [3.05, 3.63) is 72.8 Å². The summed E-state index contributed by atoms with van der Waals surface area (Å²) in [6.07, 6.45) is 0. The average molecular weight is 342 g/mol. The monoisotopic (exact) mass is 342 g/mol. The fourth-order valence-corrected chi connectivity index (χ4v) is 3.23. The summed E-state index contributed by atoms with van der Waals surface area (Å²) in [4.78, 5) is 21.3. The normalized spacial score (nSPS) is 10.6. The van der Waals surface area contributed by atoms with Crippen LogP contribution in [-0.2, 0) is 9.59 Å². The Bertz CT molecular complexity index is 1040. The summed E-state index contributed by atoms with van der Waals surface area (Å²) < 4.78 is 10.0. The third-order valence-electron chi connectivity index (χ3n) is 4.37. The number of hydrogen-bond donors (Lipinski definition) is 0. The van der Waals surface area contributed by atoms with Gasteiger partial charge in [-0.1, -0.05) is 48.5 Å². The smallest absolute Gasteiger partial charge is 0.298 e. The van der Waals surface area contributed by atoms with Gasteiger partial charge < -0.3 is 9.47 Å². The third kappa shape index (κ3) is 2.78. The minimum atomic E-state index is 0.421. The third-order valence-corrected chi connectivity index (χ3v) is 4.37. The van der Waals surface area contributed by atoms with Crippen LogP contribution >= 0.6 is 0 Å². The highest BCUT2D eigenvalue weighted by Gasteiger charge is 2.10. The highest BCUT2D eigenvalue weighted by atomic mass is 16.5. The molecular weight excluding hydrogens is 328 g/mol. The first-order chi connectivity index (χ1) is 12.8. The van der Waals surface area contributed by atoms with E-state index in [0.29, 0.717) is 24.4 Å². The van der Waals surface area contributed by atoms with Gasteiger partial charge in [-0.15, -0.1) is 0 Å². The van der Waals surface area contributed by atoms with E-state index in [1.165, 1.54) is 0 Å². The van der Waals surface area contributed by atoms with Crippen LogP contribution in [0.3, 0.4) is 0 Å². The van der Waals surface area contributed by atoms with E-state index in [1.807, 2.05) is 60.7 Å². The molecule has 0 unspecified atom stereocenters. The Labute approximate surface area is 149 Å². The zero-order chi connectivity index (χ0) is 17.9. The van der Waals surface area contributed by atoms with Crippen LogP contribution in [0.1, 0.15) is 0 Å². The zero-order valence-electron chi connectivity index (χ0n) is 13.7. The Hall–Kier alpha value is -3.66. The number of carbonyl (C=O) groups excluding carboxylic acids is 2. The summed E-state index contributed by atoms with van der Waals surface area (Å²) in [7, 11) is 0. The van der Waals surface area contributed by atoms with Gasteiger partial charge in [0, 0.05) is 0 Å². The highest BCUT2D eigenvalue weighted by Crippen LogP contribution is 2.36. The molecule has 0 aliphatic rings. The second-order valence-corrected chi connectivity index (χ2v) is 5.81. The van der Waals surface area contributed by atoms with Crippen LogP contribution in [0.5, 0.6) is 11.5 Å². The summed E-state index contributed by atoms with van der Waals surface area (Å²) in [6.45, 7) is 0.843. The van der Waals surface area contributed by atoms with Crippen molar-refractivity contribution in [1.82, 2.24) is 0 Å². The molecular formula is C22H14O4. The molecule has 4 heteroatoms. The SMILES string of the molecule is O=COc1ccc2cccc(-c3cccc4ccc(OC=O)cc34)c2c1. The summed E-state index contributed by atoms with van der Waals surface area (Å²) in [5, 5.41) is 4.03. The van der Waals surface area contributed by atoms with Crippen LogP contribution < -0.4 is 9.47 Å². The number of fused-ring (bicyclic) bond motifs is 2. The van der Waals surface area contributed by atoms with E-state index in [-0.39, 0.29) is 0 Å². The first-order valence-electron chi connectivity index (χ1n) is 8.07. The molecule has 0 aromatic heterocycles. The zero-order valence-corrected chi connectivity index (χ0v) is 13.7. The van der Waals surface area contributed by atoms with Crippen molar-refractivity contribution in [2.24, 2.45) is 0 Å². The number of ether oxygens (including phenoxy) is 2. The van der Waals surface area contributed by atoms with E-state index in [9.17, 15) is 9.59 Å². The molecule has 126 valence electrons. The van der Waals surface area contributed by atoms with Crippen molar-refractivity contribution >= 4 is 34.5 Å². The lowest BCUT2D eigenvalue weighted by Crippen LogP contribution is -1.90. The van der Waals surface area contributed by atoms with E-state index < -0.39 is 0 Å². The van der Waals surface area contributed by atoms with Crippen LogP contribution in [0.15, 0.2) is 72.8 Å². The van der Waals surface area contributed by atoms with E-state index in [0.717, 1.165) is 32.7 Å². The quantitative estimate of drug-likeness (QED) is 0.492. The first-order valence-corrected chi connectivity index (χ1v) is 8.07. The van der Waals surface area contributed by atoms with Gasteiger partial charge in [0.2, 0.25) is 0 Å². The van der Waals surface area contributed by atoms with Crippen molar-refractivity contribution in [3.63, 3.8) is 0 Å². The molecule has 0 fully saturated rings. The molecule has 0 N–H and O–H groups in total. The summed E-state index contributed by atoms with van der Waals surface area (Å²) in [5.41, 5.74) is 2.01. The van der Waals surface area contributed by atoms with Gasteiger partial charge in [-0.05, 0) is 56.9 Å². The van der Waals surface area contributed by atoms with Crippen molar-refractivity contribution in [2.75, 3.05) is 0 Å². The average Bonchev–Trinajstić information content (AvgIpc) is 2.68. The van der Waals surface area contributed by atoms with Crippen molar-refractivity contribution < 1.29 is 19.1 Å². The molecule has 26 heavy (non-hydrogen) atoms. The van der Waals surface area contributed by atoms with Gasteiger partial charge in [0.25, 0.3) is 12.9 Å². The molecule has 0 saturated heterocycles. The summed E-state index contributed by atoms with van der Waals surface area (Å²) in [5.74, 6) is 0.982. The van der Waals surface area contributed by atoms with Crippen molar-refractivity contribution in [1.29, 1.82) is 0 Å². The first kappa shape index (κ1) is 15.8. The maximum atomic E-state index is 10.7. The Morgan fingerprint density at radius 3 is 1.46 bits per heavy atom. The Morgan fingerprint density at radius 1 is 0.577 bits per heavy atom. The second-order valence-electron chi connectivity index (χ2n) is 5.81. The second kappa shape index (κ2) is 6.69. The summed E-state index contributed by atoms with van der Waals surface area (Å²) in [6, 6.07) is 23.1. The molecule has 0 saturated carbocycles. The Morgan fingerprint density at radius 2 is 1.04 bits per heavy atom. The standard InChI is InChI=1S/C22H14O4/c23-13-25-17-9-7-15-3-1-5-19(21(15)11-17)20-6-2-4-16-8-10-18(26-14-24)12-22(16)20/h1-14H. The fourth-order valence-electron chi connectivity index (χ4n) is 3.23. The predicted molar refractivity (Wildman–Crippen MR) is 100 cm³/mol. The van der Waals surface area contributed by atoms with Gasteiger partial charge in [-0.3, -0.25) is 9.59 Å². The topological polar surface area (TPSA) is 52.6 Å². The Kier molecular flexibility index (Phi) is 4.07. The molecule has 0 amide bonds. The molecule has 0 radical (unpaired) electrons.